The van der Waals surface area contributed by atoms with Gasteiger partial charge in [-0.05, 0) is 31.6 Å². The number of carbonyl (C=O) groups excluding carboxylic acids is 4. The SMILES string of the molecule is CCCCCCCCCCCCCC(=O)OC[C@H](COP(=O)(O)OC[C@@H](O)COP(=O)(O)OC[C@@H](COC(=O)CCCCCCCCCC)OC(=O)CCCCCCCCCC)OC(=O)CCCCCCCCCCCCCCCCCCCCC(C)CC. The minimum atomic E-state index is -4.95. The molecule has 0 saturated carbocycles. The highest BCUT2D eigenvalue weighted by Crippen LogP contribution is 2.45. The van der Waals surface area contributed by atoms with Gasteiger partial charge in [-0.15, -0.1) is 0 Å². The lowest BCUT2D eigenvalue weighted by molar-refractivity contribution is -0.161. The van der Waals surface area contributed by atoms with Gasteiger partial charge < -0.3 is 33.8 Å². The molecular formula is C70H136O17P2. The second-order valence-corrected chi connectivity index (χ2v) is 28.4. The summed E-state index contributed by atoms with van der Waals surface area (Å²) in [5.41, 5.74) is 0. The Morgan fingerprint density at radius 1 is 0.315 bits per heavy atom. The highest BCUT2D eigenvalue weighted by atomic mass is 31.2. The van der Waals surface area contributed by atoms with Crippen molar-refractivity contribution < 1.29 is 80.2 Å². The molecule has 0 aromatic heterocycles. The van der Waals surface area contributed by atoms with Gasteiger partial charge in [0.25, 0.3) is 0 Å². The van der Waals surface area contributed by atoms with Gasteiger partial charge >= 0.3 is 39.5 Å². The van der Waals surface area contributed by atoms with Crippen LogP contribution in [0.1, 0.15) is 362 Å². The maximum absolute atomic E-state index is 13.0. The molecule has 0 bridgehead atoms. The van der Waals surface area contributed by atoms with Gasteiger partial charge in [-0.1, -0.05) is 311 Å². The first-order chi connectivity index (χ1) is 43.1. The summed E-state index contributed by atoms with van der Waals surface area (Å²) in [6, 6.07) is 0. The fourth-order valence-electron chi connectivity index (χ4n) is 10.6. The second kappa shape index (κ2) is 63.5. The molecule has 0 amide bonds. The average molecular weight is 1310 g/mol. The van der Waals surface area contributed by atoms with Crippen molar-refractivity contribution in [1.82, 2.24) is 0 Å². The minimum absolute atomic E-state index is 0.105. The molecule has 89 heavy (non-hydrogen) atoms. The van der Waals surface area contributed by atoms with E-state index in [2.05, 4.69) is 34.6 Å². The third-order valence-electron chi connectivity index (χ3n) is 16.6. The van der Waals surface area contributed by atoms with Gasteiger partial charge in [0, 0.05) is 25.7 Å². The standard InChI is InChI=1S/C70H136O17P2/c1-6-10-13-16-19-22-31-35-40-44-49-54-68(73)81-60-66(87-70(75)56-51-46-41-36-33-30-28-26-24-23-25-27-29-32-34-37-42-47-52-63(5)9-4)62-85-89(78,79)83-58-64(71)57-82-88(76,77)84-61-65(86-69(74)55-50-45-39-21-18-15-12-8-3)59-80-67(72)53-48-43-38-20-17-14-11-7-2/h63-66,71H,6-62H2,1-5H3,(H,76,77)(H,78,79)/t63?,64-,65+,66+/m0/s1. The zero-order valence-corrected chi connectivity index (χ0v) is 59.4. The number of phosphoric ester groups is 2. The number of aliphatic hydroxyl groups is 1. The first kappa shape index (κ1) is 87.1. The molecule has 0 aromatic rings. The van der Waals surface area contributed by atoms with Crippen molar-refractivity contribution in [2.45, 2.75) is 380 Å². The Bertz CT molecular complexity index is 1720. The largest absolute Gasteiger partial charge is 0.472 e. The lowest BCUT2D eigenvalue weighted by Gasteiger charge is -2.21. The molecule has 0 aliphatic carbocycles. The van der Waals surface area contributed by atoms with Gasteiger partial charge in [0.1, 0.15) is 19.3 Å². The summed E-state index contributed by atoms with van der Waals surface area (Å²) in [4.78, 5) is 72.3. The topological polar surface area (TPSA) is 237 Å². The summed E-state index contributed by atoms with van der Waals surface area (Å²) in [5, 5.41) is 10.6. The maximum Gasteiger partial charge on any atom is 0.472 e. The Balaban J connectivity index is 5.10. The molecule has 0 rings (SSSR count). The molecule has 0 radical (unpaired) electrons. The molecule has 3 N–H and O–H groups in total. The second-order valence-electron chi connectivity index (χ2n) is 25.5. The van der Waals surface area contributed by atoms with E-state index in [0.717, 1.165) is 109 Å². The number of aliphatic hydroxyl groups excluding tert-OH is 1. The van der Waals surface area contributed by atoms with E-state index >= 15 is 0 Å². The van der Waals surface area contributed by atoms with Crippen LogP contribution in [0.4, 0.5) is 0 Å². The predicted octanol–water partition coefficient (Wildman–Crippen LogP) is 20.1. The molecular weight excluding hydrogens is 1170 g/mol. The van der Waals surface area contributed by atoms with Gasteiger partial charge in [0.05, 0.1) is 26.4 Å². The van der Waals surface area contributed by atoms with Crippen LogP contribution in [0.5, 0.6) is 0 Å². The van der Waals surface area contributed by atoms with Crippen LogP contribution >= 0.6 is 15.6 Å². The third-order valence-corrected chi connectivity index (χ3v) is 18.5. The third kappa shape index (κ3) is 63.2. The lowest BCUT2D eigenvalue weighted by Crippen LogP contribution is -2.30. The number of hydrogen-bond acceptors (Lipinski definition) is 15. The normalized spacial score (nSPS) is 14.4. The Kier molecular flexibility index (Phi) is 62.1. The summed E-state index contributed by atoms with van der Waals surface area (Å²) in [5.74, 6) is -1.26. The molecule has 0 heterocycles. The summed E-state index contributed by atoms with van der Waals surface area (Å²) >= 11 is 0. The van der Waals surface area contributed by atoms with Crippen LogP contribution in [0, 0.1) is 5.92 Å². The molecule has 0 fully saturated rings. The number of hydrogen-bond donors (Lipinski definition) is 3. The van der Waals surface area contributed by atoms with Crippen molar-refractivity contribution >= 4 is 39.5 Å². The van der Waals surface area contributed by atoms with Gasteiger partial charge in [0.2, 0.25) is 0 Å². The first-order valence-corrected chi connectivity index (χ1v) is 39.7. The number of carbonyl (C=O) groups is 4. The van der Waals surface area contributed by atoms with Gasteiger partial charge in [-0.2, -0.15) is 0 Å². The van der Waals surface area contributed by atoms with Crippen molar-refractivity contribution in [3.8, 4) is 0 Å². The molecule has 528 valence electrons. The van der Waals surface area contributed by atoms with Crippen LogP contribution in [0.2, 0.25) is 0 Å². The van der Waals surface area contributed by atoms with E-state index in [-0.39, 0.29) is 25.7 Å². The number of esters is 4. The molecule has 0 spiro atoms. The van der Waals surface area contributed by atoms with Gasteiger partial charge in [0.15, 0.2) is 12.2 Å². The first-order valence-electron chi connectivity index (χ1n) is 36.7. The minimum Gasteiger partial charge on any atom is -0.462 e. The highest BCUT2D eigenvalue weighted by Gasteiger charge is 2.30. The summed E-state index contributed by atoms with van der Waals surface area (Å²) in [6.45, 7) is 7.25. The Morgan fingerprint density at radius 3 is 0.798 bits per heavy atom. The summed E-state index contributed by atoms with van der Waals surface area (Å²) in [7, 11) is -9.89. The maximum atomic E-state index is 13.0. The van der Waals surface area contributed by atoms with E-state index in [9.17, 15) is 43.2 Å². The quantitative estimate of drug-likeness (QED) is 0.0222. The fraction of sp³-hybridized carbons (Fsp3) is 0.943. The van der Waals surface area contributed by atoms with Crippen molar-refractivity contribution in [3.05, 3.63) is 0 Å². The number of unbranched alkanes of at least 4 members (excludes halogenated alkanes) is 41. The van der Waals surface area contributed by atoms with Crippen LogP contribution in [0.3, 0.4) is 0 Å². The molecule has 6 atom stereocenters. The molecule has 3 unspecified atom stereocenters. The van der Waals surface area contributed by atoms with Gasteiger partial charge in [-0.25, -0.2) is 9.13 Å². The fourth-order valence-corrected chi connectivity index (χ4v) is 12.2. The Morgan fingerprint density at radius 2 is 0.539 bits per heavy atom. The van der Waals surface area contributed by atoms with Crippen molar-refractivity contribution in [2.24, 2.45) is 5.92 Å². The van der Waals surface area contributed by atoms with Crippen LogP contribution in [-0.2, 0) is 65.4 Å². The monoisotopic (exact) mass is 1310 g/mol. The summed E-state index contributed by atoms with van der Waals surface area (Å²) < 4.78 is 68.1. The Labute approximate surface area is 543 Å². The van der Waals surface area contributed by atoms with Crippen molar-refractivity contribution in [2.75, 3.05) is 39.6 Å². The zero-order valence-electron chi connectivity index (χ0n) is 57.6. The highest BCUT2D eigenvalue weighted by molar-refractivity contribution is 7.47. The van der Waals surface area contributed by atoms with E-state index in [1.54, 1.807) is 0 Å². The average Bonchev–Trinajstić information content (AvgIpc) is 3.69. The lowest BCUT2D eigenvalue weighted by atomic mass is 9.99. The number of phosphoric acid groups is 2. The molecule has 17 nitrogen and oxygen atoms in total. The summed E-state index contributed by atoms with van der Waals surface area (Å²) in [6.07, 6.45) is 50.1. The molecule has 0 saturated heterocycles. The van der Waals surface area contributed by atoms with Crippen LogP contribution < -0.4 is 0 Å². The van der Waals surface area contributed by atoms with E-state index in [4.69, 9.17) is 37.0 Å². The van der Waals surface area contributed by atoms with Crippen LogP contribution in [-0.4, -0.2) is 96.7 Å². The zero-order chi connectivity index (χ0) is 65.6. The molecule has 0 aliphatic rings. The molecule has 19 heteroatoms. The number of rotatable bonds is 70. The van der Waals surface area contributed by atoms with Crippen molar-refractivity contribution in [3.63, 3.8) is 0 Å². The van der Waals surface area contributed by atoms with E-state index in [1.807, 2.05) is 0 Å². The number of ether oxygens (including phenoxy) is 4. The van der Waals surface area contributed by atoms with Gasteiger partial charge in [-0.3, -0.25) is 37.3 Å². The van der Waals surface area contributed by atoms with E-state index < -0.39 is 97.5 Å². The van der Waals surface area contributed by atoms with Crippen molar-refractivity contribution in [1.29, 1.82) is 0 Å². The smallest absolute Gasteiger partial charge is 0.462 e. The predicted molar refractivity (Wildman–Crippen MR) is 358 cm³/mol. The van der Waals surface area contributed by atoms with E-state index in [0.29, 0.717) is 25.7 Å². The van der Waals surface area contributed by atoms with Crippen LogP contribution in [0.15, 0.2) is 0 Å². The molecule has 0 aromatic carbocycles. The van der Waals surface area contributed by atoms with E-state index in [1.165, 1.54) is 173 Å². The van der Waals surface area contributed by atoms with Crippen LogP contribution in [0.25, 0.3) is 0 Å². The molecule has 0 aliphatic heterocycles. The Hall–Kier alpha value is -1.94.